The number of nitrogens with zero attached hydrogens (tertiary/aromatic N) is 2. The molecule has 4 aromatic rings. The summed E-state index contributed by atoms with van der Waals surface area (Å²) < 4.78 is 0. The molecule has 1 fully saturated rings. The number of amides is 3. The zero-order chi connectivity index (χ0) is 26.6. The Bertz CT molecular complexity index is 1530. The number of aryl methyl sites for hydroxylation is 1. The van der Waals surface area contributed by atoms with Gasteiger partial charge in [0, 0.05) is 42.7 Å². The van der Waals surface area contributed by atoms with Crippen LogP contribution in [0.4, 0.5) is 5.69 Å². The third kappa shape index (κ3) is 5.52. The maximum absolute atomic E-state index is 13.3. The predicted octanol–water partition coefficient (Wildman–Crippen LogP) is 5.10. The summed E-state index contributed by atoms with van der Waals surface area (Å²) >= 11 is 1.38. The van der Waals surface area contributed by atoms with Crippen LogP contribution in [0.2, 0.25) is 0 Å². The van der Waals surface area contributed by atoms with Crippen LogP contribution < -0.4 is 10.6 Å². The first-order valence-electron chi connectivity index (χ1n) is 12.6. The first-order chi connectivity index (χ1) is 18.4. The van der Waals surface area contributed by atoms with E-state index >= 15 is 0 Å². The molecule has 2 aromatic carbocycles. The molecule has 0 saturated carbocycles. The van der Waals surface area contributed by atoms with Crippen LogP contribution in [0.5, 0.6) is 0 Å². The third-order valence-electron chi connectivity index (χ3n) is 6.73. The smallest absolute Gasteiger partial charge is 0.266 e. The number of aromatic nitrogens is 2. The molecular formula is C29H29N5O3S. The van der Waals surface area contributed by atoms with Crippen LogP contribution in [0.15, 0.2) is 53.9 Å². The molecule has 1 saturated heterocycles. The highest BCUT2D eigenvalue weighted by molar-refractivity contribution is 7.12. The molecule has 3 N–H and O–H groups in total. The van der Waals surface area contributed by atoms with Gasteiger partial charge >= 0.3 is 0 Å². The van der Waals surface area contributed by atoms with Crippen molar-refractivity contribution in [2.75, 3.05) is 18.4 Å². The van der Waals surface area contributed by atoms with Gasteiger partial charge in [0.25, 0.3) is 11.8 Å². The van der Waals surface area contributed by atoms with Crippen molar-refractivity contribution in [1.29, 1.82) is 0 Å². The number of carbonyl (C=O) groups excluding carboxylic acids is 3. The summed E-state index contributed by atoms with van der Waals surface area (Å²) in [6, 6.07) is 15.3. The second-order valence-corrected chi connectivity index (χ2v) is 10.4. The van der Waals surface area contributed by atoms with Gasteiger partial charge < -0.3 is 15.5 Å². The summed E-state index contributed by atoms with van der Waals surface area (Å²) in [6.07, 6.45) is 5.22. The maximum Gasteiger partial charge on any atom is 0.266 e. The maximum atomic E-state index is 13.3. The standard InChI is InChI=1S/C29H29N5O3S/c1-18-13-16-38-27(18)28(36)31-26-17-21(29(37)34-14-11-22(12-15-34)30-19(2)35)8-7-20(26)9-10-25-23-5-3-4-6-24(23)32-33-25/h3-10,13,16-17,22H,11-12,14-15H2,1-2H3,(H,30,35)(H,31,36)(H,32,33)/b10-9+. The van der Waals surface area contributed by atoms with Gasteiger partial charge in [-0.15, -0.1) is 11.3 Å². The van der Waals surface area contributed by atoms with Gasteiger partial charge in [-0.25, -0.2) is 0 Å². The minimum atomic E-state index is -0.210. The van der Waals surface area contributed by atoms with Crippen molar-refractivity contribution < 1.29 is 14.4 Å². The number of rotatable bonds is 6. The summed E-state index contributed by atoms with van der Waals surface area (Å²) in [5.74, 6) is -0.358. The topological polar surface area (TPSA) is 107 Å². The van der Waals surface area contributed by atoms with E-state index in [0.29, 0.717) is 42.1 Å². The second kappa shape index (κ2) is 11.0. The van der Waals surface area contributed by atoms with Crippen molar-refractivity contribution in [2.45, 2.75) is 32.7 Å². The van der Waals surface area contributed by atoms with E-state index in [4.69, 9.17) is 0 Å². The van der Waals surface area contributed by atoms with Gasteiger partial charge in [-0.3, -0.25) is 19.5 Å². The SMILES string of the molecule is CC(=O)NC1CCN(C(=O)c2ccc(/C=C/c3n[nH]c4ccccc34)c(NC(=O)c3sccc3C)c2)CC1. The van der Waals surface area contributed by atoms with E-state index in [1.54, 1.807) is 17.0 Å². The van der Waals surface area contributed by atoms with Crippen LogP contribution in [-0.2, 0) is 4.79 Å². The minimum Gasteiger partial charge on any atom is -0.353 e. The first-order valence-corrected chi connectivity index (χ1v) is 13.4. The van der Waals surface area contributed by atoms with E-state index in [0.717, 1.165) is 27.7 Å². The molecule has 0 unspecified atom stereocenters. The van der Waals surface area contributed by atoms with E-state index in [1.807, 2.05) is 60.9 Å². The van der Waals surface area contributed by atoms with E-state index in [-0.39, 0.29) is 23.8 Å². The van der Waals surface area contributed by atoms with Crippen LogP contribution >= 0.6 is 11.3 Å². The number of hydrogen-bond donors (Lipinski definition) is 3. The molecule has 0 radical (unpaired) electrons. The lowest BCUT2D eigenvalue weighted by atomic mass is 10.0. The highest BCUT2D eigenvalue weighted by Crippen LogP contribution is 2.26. The molecule has 38 heavy (non-hydrogen) atoms. The number of fused-ring (bicyclic) bond motifs is 1. The number of hydrogen-bond acceptors (Lipinski definition) is 5. The van der Waals surface area contributed by atoms with Crippen LogP contribution in [0, 0.1) is 6.92 Å². The zero-order valence-corrected chi connectivity index (χ0v) is 22.1. The Morgan fingerprint density at radius 2 is 1.87 bits per heavy atom. The van der Waals surface area contributed by atoms with Gasteiger partial charge in [-0.1, -0.05) is 30.3 Å². The third-order valence-corrected chi connectivity index (χ3v) is 7.74. The molecular weight excluding hydrogens is 498 g/mol. The molecule has 0 spiro atoms. The van der Waals surface area contributed by atoms with Crippen molar-refractivity contribution in [3.05, 3.63) is 81.2 Å². The lowest BCUT2D eigenvalue weighted by Gasteiger charge is -2.32. The van der Waals surface area contributed by atoms with Crippen molar-refractivity contribution in [2.24, 2.45) is 0 Å². The average molecular weight is 528 g/mol. The number of nitrogens with one attached hydrogen (secondary N) is 3. The van der Waals surface area contributed by atoms with Gasteiger partial charge in [0.15, 0.2) is 0 Å². The molecule has 194 valence electrons. The van der Waals surface area contributed by atoms with Crippen LogP contribution in [0.25, 0.3) is 23.1 Å². The first kappa shape index (κ1) is 25.4. The van der Waals surface area contributed by atoms with Crippen molar-refractivity contribution in [3.63, 3.8) is 0 Å². The number of thiophene rings is 1. The zero-order valence-electron chi connectivity index (χ0n) is 21.3. The predicted molar refractivity (Wildman–Crippen MR) is 151 cm³/mol. The summed E-state index contributed by atoms with van der Waals surface area (Å²) in [5, 5.41) is 16.3. The van der Waals surface area contributed by atoms with Crippen LogP contribution in [0.3, 0.4) is 0 Å². The van der Waals surface area contributed by atoms with Gasteiger partial charge in [0.2, 0.25) is 5.91 Å². The highest BCUT2D eigenvalue weighted by atomic mass is 32.1. The molecule has 0 bridgehead atoms. The average Bonchev–Trinajstić information content (AvgIpc) is 3.53. The van der Waals surface area contributed by atoms with Crippen molar-refractivity contribution in [1.82, 2.24) is 20.4 Å². The highest BCUT2D eigenvalue weighted by Gasteiger charge is 2.25. The van der Waals surface area contributed by atoms with E-state index in [1.165, 1.54) is 18.3 Å². The van der Waals surface area contributed by atoms with E-state index in [2.05, 4.69) is 20.8 Å². The Balaban J connectivity index is 1.41. The van der Waals surface area contributed by atoms with Crippen LogP contribution in [-0.4, -0.2) is 52.0 Å². The normalized spacial score (nSPS) is 14.2. The number of likely N-dealkylation sites (tertiary alicyclic amines) is 1. The Kier molecular flexibility index (Phi) is 7.37. The molecule has 2 aromatic heterocycles. The van der Waals surface area contributed by atoms with Gasteiger partial charge in [-0.2, -0.15) is 5.10 Å². The minimum absolute atomic E-state index is 0.0531. The molecule has 1 aliphatic heterocycles. The molecule has 9 heteroatoms. The fraction of sp³-hybridized carbons (Fsp3) is 0.241. The Hall–Kier alpha value is -4.24. The largest absolute Gasteiger partial charge is 0.353 e. The molecule has 3 heterocycles. The van der Waals surface area contributed by atoms with Crippen LogP contribution in [0.1, 0.15) is 56.6 Å². The Labute approximate surface area is 224 Å². The number of carbonyl (C=O) groups is 3. The van der Waals surface area contributed by atoms with Gasteiger partial charge in [0.1, 0.15) is 0 Å². The molecule has 0 atom stereocenters. The second-order valence-electron chi connectivity index (χ2n) is 9.44. The number of piperidine rings is 1. The summed E-state index contributed by atoms with van der Waals surface area (Å²) in [4.78, 5) is 40.2. The molecule has 8 nitrogen and oxygen atoms in total. The van der Waals surface area contributed by atoms with Gasteiger partial charge in [0.05, 0.1) is 16.1 Å². The summed E-state index contributed by atoms with van der Waals surface area (Å²) in [6.45, 7) is 4.54. The number of para-hydroxylation sites is 1. The Morgan fingerprint density at radius 3 is 2.61 bits per heavy atom. The Morgan fingerprint density at radius 1 is 1.08 bits per heavy atom. The fourth-order valence-corrected chi connectivity index (χ4v) is 5.52. The molecule has 0 aliphatic carbocycles. The molecule has 3 amide bonds. The molecule has 1 aliphatic rings. The van der Waals surface area contributed by atoms with E-state index < -0.39 is 0 Å². The summed E-state index contributed by atoms with van der Waals surface area (Å²) in [7, 11) is 0. The van der Waals surface area contributed by atoms with Crippen molar-refractivity contribution >= 4 is 57.8 Å². The number of anilines is 1. The quantitative estimate of drug-likeness (QED) is 0.324. The van der Waals surface area contributed by atoms with Crippen molar-refractivity contribution in [3.8, 4) is 0 Å². The lowest BCUT2D eigenvalue weighted by Crippen LogP contribution is -2.46. The lowest BCUT2D eigenvalue weighted by molar-refractivity contribution is -0.119. The molecule has 5 rings (SSSR count). The number of H-pyrrole nitrogens is 1. The summed E-state index contributed by atoms with van der Waals surface area (Å²) in [5.41, 5.74) is 4.45. The van der Waals surface area contributed by atoms with Gasteiger partial charge in [-0.05, 0) is 66.6 Å². The number of benzene rings is 2. The monoisotopic (exact) mass is 527 g/mol. The fourth-order valence-electron chi connectivity index (χ4n) is 4.70. The number of aromatic amines is 1. The van der Waals surface area contributed by atoms with E-state index in [9.17, 15) is 14.4 Å².